The first-order chi connectivity index (χ1) is 7.95. The Balaban J connectivity index is 0.000000606. The molecule has 0 spiro atoms. The molecule has 0 unspecified atom stereocenters. The number of rotatable bonds is 4. The molecule has 1 aromatic carbocycles. The third kappa shape index (κ3) is 5.06. The molecule has 2 aromatic rings. The van der Waals surface area contributed by atoms with Gasteiger partial charge in [0.15, 0.2) is 0 Å². The van der Waals surface area contributed by atoms with E-state index >= 15 is 0 Å². The molecule has 0 aliphatic rings. The molecule has 0 atom stereocenters. The summed E-state index contributed by atoms with van der Waals surface area (Å²) in [6, 6.07) is 14.5. The summed E-state index contributed by atoms with van der Waals surface area (Å²) in [6.07, 6.45) is 1.65. The minimum atomic E-state index is 0.519. The summed E-state index contributed by atoms with van der Waals surface area (Å²) in [4.78, 5) is 0. The number of hydrogen-bond donors (Lipinski definition) is 0. The van der Waals surface area contributed by atoms with E-state index in [1.54, 1.807) is 6.26 Å². The largest absolute Gasteiger partial charge is 0.467 e. The van der Waals surface area contributed by atoms with Gasteiger partial charge in [0.25, 0.3) is 0 Å². The van der Waals surface area contributed by atoms with Crippen LogP contribution in [0.2, 0.25) is 0 Å². The second kappa shape index (κ2) is 8.69. The van der Waals surface area contributed by atoms with Crippen LogP contribution in [0.4, 0.5) is 0 Å². The molecule has 4 heteroatoms. The molecule has 0 saturated heterocycles. The van der Waals surface area contributed by atoms with Gasteiger partial charge >= 0.3 is 30.0 Å². The van der Waals surface area contributed by atoms with Crippen molar-refractivity contribution >= 4 is 13.6 Å². The topological polar surface area (TPSA) is 22.4 Å². The average molecular weight is 333 g/mol. The maximum Gasteiger partial charge on any atom is 0.129 e. The number of hydrogen-bond acceptors (Lipinski definition) is 2. The van der Waals surface area contributed by atoms with Crippen molar-refractivity contribution in [2.75, 3.05) is 0 Å². The number of furan rings is 1. The van der Waals surface area contributed by atoms with E-state index in [0.717, 1.165) is 11.3 Å². The van der Waals surface area contributed by atoms with E-state index in [1.165, 1.54) is 16.3 Å². The van der Waals surface area contributed by atoms with Crippen molar-refractivity contribution < 1.29 is 25.5 Å². The molecule has 0 bridgehead atoms. The Morgan fingerprint density at radius 2 is 1.94 bits per heavy atom. The monoisotopic (exact) mass is 330 g/mol. The third-order valence-corrected chi connectivity index (χ3v) is 1.88. The van der Waals surface area contributed by atoms with E-state index in [-0.39, 0.29) is 0 Å². The van der Waals surface area contributed by atoms with E-state index in [1.807, 2.05) is 36.4 Å². The maximum atomic E-state index is 5.46. The van der Waals surface area contributed by atoms with Crippen LogP contribution in [0.5, 0.6) is 0 Å². The molecule has 0 N–H and O–H groups in total. The fourth-order valence-corrected chi connectivity index (χ4v) is 1.18. The summed E-state index contributed by atoms with van der Waals surface area (Å²) in [5, 5.41) is 0. The van der Waals surface area contributed by atoms with E-state index < -0.39 is 0 Å². The molecule has 0 aliphatic heterocycles. The molecular formula is C12H11BrO2Zn. The normalized spacial score (nSPS) is 9.44. The summed E-state index contributed by atoms with van der Waals surface area (Å²) in [6.45, 7) is 1.13. The molecule has 80 valence electrons. The van der Waals surface area contributed by atoms with Crippen molar-refractivity contribution in [2.45, 2.75) is 13.2 Å². The summed E-state index contributed by atoms with van der Waals surface area (Å²) in [5.41, 5.74) is 1.15. The van der Waals surface area contributed by atoms with Crippen LogP contribution in [-0.2, 0) is 34.3 Å². The van der Waals surface area contributed by atoms with Crippen LogP contribution < -0.4 is 0 Å². The molecule has 0 aliphatic carbocycles. The van der Waals surface area contributed by atoms with Crippen molar-refractivity contribution in [3.63, 3.8) is 0 Å². The number of ether oxygens (including phenoxy) is 1. The first kappa shape index (κ1) is 13.6. The van der Waals surface area contributed by atoms with Gasteiger partial charge in [0, 0.05) is 0 Å². The molecule has 1 aromatic heterocycles. The first-order valence-electron chi connectivity index (χ1n) is 4.77. The van der Waals surface area contributed by atoms with Crippen molar-refractivity contribution in [3.8, 4) is 0 Å². The van der Waals surface area contributed by atoms with Crippen molar-refractivity contribution in [2.24, 2.45) is 0 Å². The smallest absolute Gasteiger partial charge is 0.129 e. The zero-order valence-corrected chi connectivity index (χ0v) is 13.4. The molecule has 0 saturated carbocycles. The van der Waals surface area contributed by atoms with E-state index in [2.05, 4.69) is 19.7 Å². The third-order valence-electron chi connectivity index (χ3n) is 1.88. The van der Waals surface area contributed by atoms with Crippen LogP contribution in [0.15, 0.2) is 47.1 Å². The van der Waals surface area contributed by atoms with Gasteiger partial charge in [0.1, 0.15) is 12.4 Å². The van der Waals surface area contributed by atoms with Gasteiger partial charge in [-0.25, -0.2) is 0 Å². The van der Waals surface area contributed by atoms with Crippen LogP contribution in [0, 0.1) is 6.07 Å². The zero-order valence-electron chi connectivity index (χ0n) is 8.86. The van der Waals surface area contributed by atoms with Crippen LogP contribution >= 0.6 is 13.6 Å². The molecule has 0 radical (unpaired) electrons. The quantitative estimate of drug-likeness (QED) is 0.630. The van der Waals surface area contributed by atoms with Crippen LogP contribution in [0.3, 0.4) is 0 Å². The van der Waals surface area contributed by atoms with Crippen LogP contribution in [-0.4, -0.2) is 0 Å². The van der Waals surface area contributed by atoms with Crippen LogP contribution in [0.1, 0.15) is 11.3 Å². The zero-order chi connectivity index (χ0) is 11.6. The van der Waals surface area contributed by atoms with E-state index in [9.17, 15) is 0 Å². The van der Waals surface area contributed by atoms with Crippen molar-refractivity contribution in [1.82, 2.24) is 0 Å². The molecule has 0 amide bonds. The van der Waals surface area contributed by atoms with Gasteiger partial charge < -0.3 is 9.15 Å². The minimum absolute atomic E-state index is 0.519. The Kier molecular flexibility index (Phi) is 7.40. The molecule has 2 nitrogen and oxygen atoms in total. The standard InChI is InChI=1S/C12H11O2.BrH.Zn/c1-2-5-11(6-3-1)9-13-10-12-7-4-8-14-12;;/h2-8H,9-10H2;1H;/q-1;;+2/p-1. The Hall–Kier alpha value is -0.437. The van der Waals surface area contributed by atoms with Gasteiger partial charge in [0.2, 0.25) is 0 Å². The maximum absolute atomic E-state index is 5.46. The minimum Gasteiger partial charge on any atom is -0.467 e. The van der Waals surface area contributed by atoms with E-state index in [4.69, 9.17) is 9.15 Å². The summed E-state index contributed by atoms with van der Waals surface area (Å²) >= 11 is 4.25. The molecule has 2 rings (SSSR count). The Morgan fingerprint density at radius 1 is 1.19 bits per heavy atom. The van der Waals surface area contributed by atoms with Gasteiger partial charge in [-0.1, -0.05) is 0 Å². The van der Waals surface area contributed by atoms with Crippen molar-refractivity contribution in [1.29, 1.82) is 0 Å². The number of benzene rings is 1. The Bertz CT molecular complexity index is 362. The molecule has 16 heavy (non-hydrogen) atoms. The van der Waals surface area contributed by atoms with Gasteiger partial charge in [0.05, 0.1) is 12.9 Å². The summed E-state index contributed by atoms with van der Waals surface area (Å²) < 4.78 is 10.6. The summed E-state index contributed by atoms with van der Waals surface area (Å²) in [7, 11) is 0. The predicted octanol–water partition coefficient (Wildman–Crippen LogP) is 3.64. The van der Waals surface area contributed by atoms with Crippen LogP contribution in [0.25, 0.3) is 0 Å². The van der Waals surface area contributed by atoms with Crippen molar-refractivity contribution in [3.05, 3.63) is 60.1 Å². The molecule has 1 heterocycles. The van der Waals surface area contributed by atoms with Gasteiger partial charge in [-0.3, -0.25) is 0 Å². The second-order valence-electron chi connectivity index (χ2n) is 2.98. The average Bonchev–Trinajstić information content (AvgIpc) is 2.86. The molecular weight excluding hydrogens is 321 g/mol. The Labute approximate surface area is 112 Å². The molecule has 0 fully saturated rings. The Morgan fingerprint density at radius 3 is 2.56 bits per heavy atom. The van der Waals surface area contributed by atoms with Gasteiger partial charge in [-0.2, -0.15) is 30.3 Å². The first-order valence-corrected chi connectivity index (χ1v) is 11.7. The van der Waals surface area contributed by atoms with Gasteiger partial charge in [-0.15, -0.1) is 5.56 Å². The second-order valence-corrected chi connectivity index (χ2v) is 2.98. The van der Waals surface area contributed by atoms with Gasteiger partial charge in [-0.05, 0) is 12.1 Å². The summed E-state index contributed by atoms with van der Waals surface area (Å²) in [5.74, 6) is 0.854. The SMILES string of the molecule is [Zn+][Br].[c-]1ccc(COCc2ccco2)cc1. The van der Waals surface area contributed by atoms with E-state index in [0.29, 0.717) is 13.2 Å². The predicted molar refractivity (Wildman–Crippen MR) is 61.4 cm³/mol. The fourth-order valence-electron chi connectivity index (χ4n) is 1.18. The number of halogens is 1. The fraction of sp³-hybridized carbons (Fsp3) is 0.167.